The van der Waals surface area contributed by atoms with Gasteiger partial charge in [-0.15, -0.1) is 0 Å². The molecule has 0 amide bonds. The Hall–Kier alpha value is 0.0969. The summed E-state index contributed by atoms with van der Waals surface area (Å²) in [7, 11) is -1.61. The van der Waals surface area contributed by atoms with Crippen LogP contribution in [0.5, 0.6) is 0 Å². The second kappa shape index (κ2) is 6.63. The standard InChI is InChI=1S/C11H27N3Si/c1-4-12-15(13-5-2,14-6-3)11-9-7-8-10-11/h11-14H,4-10H2,1-3H3. The van der Waals surface area contributed by atoms with Crippen molar-refractivity contribution in [3.63, 3.8) is 0 Å². The lowest BCUT2D eigenvalue weighted by Gasteiger charge is -2.38. The second-order valence-electron chi connectivity index (χ2n) is 4.38. The fourth-order valence-electron chi connectivity index (χ4n) is 2.82. The molecule has 90 valence electrons. The molecule has 0 aromatic carbocycles. The molecule has 0 saturated heterocycles. The minimum atomic E-state index is -1.61. The number of hydrogen-bond acceptors (Lipinski definition) is 3. The Balaban J connectivity index is 2.68. The smallest absolute Gasteiger partial charge is 0.284 e. The van der Waals surface area contributed by atoms with E-state index < -0.39 is 8.56 Å². The van der Waals surface area contributed by atoms with Gasteiger partial charge in [-0.2, -0.15) is 0 Å². The van der Waals surface area contributed by atoms with Crippen LogP contribution < -0.4 is 14.9 Å². The van der Waals surface area contributed by atoms with Gasteiger partial charge in [0.05, 0.1) is 0 Å². The summed E-state index contributed by atoms with van der Waals surface area (Å²) in [4.78, 5) is 11.3. The third-order valence-electron chi connectivity index (χ3n) is 3.33. The summed E-state index contributed by atoms with van der Waals surface area (Å²) in [5.74, 6) is 0. The third-order valence-corrected chi connectivity index (χ3v) is 7.87. The van der Waals surface area contributed by atoms with E-state index >= 15 is 0 Å². The summed E-state index contributed by atoms with van der Waals surface area (Å²) >= 11 is 0. The first-order chi connectivity index (χ1) is 7.29. The molecule has 0 aromatic heterocycles. The van der Waals surface area contributed by atoms with E-state index in [9.17, 15) is 0 Å². The highest BCUT2D eigenvalue weighted by Gasteiger charge is 2.42. The summed E-state index contributed by atoms with van der Waals surface area (Å²) in [5, 5.41) is 0. The molecule has 0 bridgehead atoms. The van der Waals surface area contributed by atoms with Crippen molar-refractivity contribution in [2.75, 3.05) is 19.6 Å². The highest BCUT2D eigenvalue weighted by atomic mass is 28.4. The van der Waals surface area contributed by atoms with Crippen molar-refractivity contribution in [3.05, 3.63) is 0 Å². The Morgan fingerprint density at radius 3 is 1.60 bits per heavy atom. The second-order valence-corrected chi connectivity index (χ2v) is 7.87. The van der Waals surface area contributed by atoms with Gasteiger partial charge in [-0.1, -0.05) is 33.6 Å². The minimum Gasteiger partial charge on any atom is -0.313 e. The van der Waals surface area contributed by atoms with Gasteiger partial charge in [-0.3, -0.25) is 0 Å². The molecule has 1 saturated carbocycles. The molecular weight excluding hydrogens is 202 g/mol. The van der Waals surface area contributed by atoms with E-state index in [2.05, 4.69) is 35.7 Å². The van der Waals surface area contributed by atoms with Crippen molar-refractivity contribution in [2.24, 2.45) is 0 Å². The van der Waals surface area contributed by atoms with Gasteiger partial charge in [-0.05, 0) is 38.0 Å². The summed E-state index contributed by atoms with van der Waals surface area (Å²) < 4.78 is 0. The quantitative estimate of drug-likeness (QED) is 0.582. The third kappa shape index (κ3) is 3.28. The molecule has 0 aromatic rings. The first-order valence-corrected chi connectivity index (χ1v) is 8.61. The molecule has 0 atom stereocenters. The molecule has 1 fully saturated rings. The van der Waals surface area contributed by atoms with Crippen molar-refractivity contribution in [1.29, 1.82) is 0 Å². The maximum absolute atomic E-state index is 3.76. The van der Waals surface area contributed by atoms with E-state index in [1.165, 1.54) is 25.7 Å². The van der Waals surface area contributed by atoms with Gasteiger partial charge in [-0.25, -0.2) is 0 Å². The monoisotopic (exact) mass is 229 g/mol. The predicted molar refractivity (Wildman–Crippen MR) is 69.0 cm³/mol. The van der Waals surface area contributed by atoms with E-state index in [1.54, 1.807) is 0 Å². The Labute approximate surface area is 95.7 Å². The van der Waals surface area contributed by atoms with E-state index in [0.717, 1.165) is 25.2 Å². The fourth-order valence-corrected chi connectivity index (χ4v) is 7.00. The largest absolute Gasteiger partial charge is 0.313 e. The average molecular weight is 229 g/mol. The van der Waals surface area contributed by atoms with Gasteiger partial charge in [0, 0.05) is 0 Å². The van der Waals surface area contributed by atoms with Crippen LogP contribution in [0, 0.1) is 0 Å². The molecule has 3 nitrogen and oxygen atoms in total. The van der Waals surface area contributed by atoms with Crippen LogP contribution in [0.1, 0.15) is 46.5 Å². The van der Waals surface area contributed by atoms with Crippen LogP contribution >= 0.6 is 0 Å². The first kappa shape index (κ1) is 13.2. The molecule has 0 aliphatic heterocycles. The minimum absolute atomic E-state index is 0.873. The molecule has 15 heavy (non-hydrogen) atoms. The number of nitrogens with one attached hydrogen (secondary N) is 3. The maximum Gasteiger partial charge on any atom is 0.284 e. The van der Waals surface area contributed by atoms with Crippen LogP contribution in [-0.4, -0.2) is 28.2 Å². The Morgan fingerprint density at radius 2 is 1.27 bits per heavy atom. The van der Waals surface area contributed by atoms with Gasteiger partial charge in [0.25, 0.3) is 8.56 Å². The summed E-state index contributed by atoms with van der Waals surface area (Å²) in [6.07, 6.45) is 5.64. The lowest BCUT2D eigenvalue weighted by Crippen LogP contribution is -2.74. The van der Waals surface area contributed by atoms with Crippen molar-refractivity contribution in [1.82, 2.24) is 14.9 Å². The zero-order valence-corrected chi connectivity index (χ0v) is 11.5. The van der Waals surface area contributed by atoms with Crippen LogP contribution in [0.4, 0.5) is 0 Å². The molecule has 0 heterocycles. The number of hydrogen-bond donors (Lipinski definition) is 3. The number of rotatable bonds is 7. The van der Waals surface area contributed by atoms with Crippen LogP contribution in [0.25, 0.3) is 0 Å². The molecule has 1 aliphatic rings. The summed E-state index contributed by atoms with van der Waals surface area (Å²) in [6.45, 7) is 9.86. The average Bonchev–Trinajstić information content (AvgIpc) is 2.72. The summed E-state index contributed by atoms with van der Waals surface area (Å²) in [6, 6.07) is 0. The van der Waals surface area contributed by atoms with E-state index in [-0.39, 0.29) is 0 Å². The highest BCUT2D eigenvalue weighted by molar-refractivity contribution is 6.74. The fraction of sp³-hybridized carbons (Fsp3) is 1.00. The van der Waals surface area contributed by atoms with Crippen molar-refractivity contribution >= 4 is 8.56 Å². The SMILES string of the molecule is CCN[Si](NCC)(NCC)C1CCCC1. The molecule has 0 radical (unpaired) electrons. The highest BCUT2D eigenvalue weighted by Crippen LogP contribution is 2.34. The Bertz CT molecular complexity index is 152. The Morgan fingerprint density at radius 1 is 0.867 bits per heavy atom. The van der Waals surface area contributed by atoms with E-state index in [1.807, 2.05) is 0 Å². The molecule has 1 rings (SSSR count). The van der Waals surface area contributed by atoms with Gasteiger partial charge >= 0.3 is 0 Å². The molecule has 0 unspecified atom stereocenters. The predicted octanol–water partition coefficient (Wildman–Crippen LogP) is 1.70. The summed E-state index contributed by atoms with van der Waals surface area (Å²) in [5.41, 5.74) is 0.873. The first-order valence-electron chi connectivity index (χ1n) is 6.54. The maximum atomic E-state index is 3.76. The van der Waals surface area contributed by atoms with Gasteiger partial charge in [0.1, 0.15) is 0 Å². The van der Waals surface area contributed by atoms with Gasteiger partial charge in [0.2, 0.25) is 0 Å². The molecule has 4 heteroatoms. The van der Waals surface area contributed by atoms with Crippen LogP contribution in [0.15, 0.2) is 0 Å². The lowest BCUT2D eigenvalue weighted by molar-refractivity contribution is 0.678. The van der Waals surface area contributed by atoms with E-state index in [0.29, 0.717) is 0 Å². The Kier molecular flexibility index (Phi) is 5.82. The van der Waals surface area contributed by atoms with Crippen LogP contribution in [0.3, 0.4) is 0 Å². The normalized spacial score (nSPS) is 18.6. The van der Waals surface area contributed by atoms with E-state index in [4.69, 9.17) is 0 Å². The molecule has 3 N–H and O–H groups in total. The molecule has 1 aliphatic carbocycles. The molecule has 0 spiro atoms. The zero-order chi connectivity index (χ0) is 11.1. The van der Waals surface area contributed by atoms with Crippen molar-refractivity contribution in [2.45, 2.75) is 52.0 Å². The lowest BCUT2D eigenvalue weighted by atomic mass is 10.4. The molecular formula is C11H27N3Si. The van der Waals surface area contributed by atoms with Crippen molar-refractivity contribution in [3.8, 4) is 0 Å². The topological polar surface area (TPSA) is 36.1 Å². The van der Waals surface area contributed by atoms with Gasteiger partial charge in [0.15, 0.2) is 0 Å². The van der Waals surface area contributed by atoms with Crippen LogP contribution in [-0.2, 0) is 0 Å². The van der Waals surface area contributed by atoms with Crippen molar-refractivity contribution < 1.29 is 0 Å². The van der Waals surface area contributed by atoms with Crippen LogP contribution in [0.2, 0.25) is 5.54 Å². The zero-order valence-electron chi connectivity index (χ0n) is 10.5. The van der Waals surface area contributed by atoms with Gasteiger partial charge < -0.3 is 14.9 Å².